The third-order valence-corrected chi connectivity index (χ3v) is 3.04. The molecule has 3 heterocycles. The summed E-state index contributed by atoms with van der Waals surface area (Å²) in [7, 11) is 0. The first-order valence-electron chi connectivity index (χ1n) is 6.14. The monoisotopic (exact) mass is 261 g/mol. The summed E-state index contributed by atoms with van der Waals surface area (Å²) in [5, 5.41) is 0. The number of guanidine groups is 1. The minimum Gasteiger partial charge on any atom is -0.370 e. The second-order valence-corrected chi connectivity index (χ2v) is 4.38. The van der Waals surface area contributed by atoms with Gasteiger partial charge in [-0.25, -0.2) is 15.0 Å². The van der Waals surface area contributed by atoms with Crippen LogP contribution >= 0.6 is 0 Å². The molecule has 0 aliphatic carbocycles. The van der Waals surface area contributed by atoms with Gasteiger partial charge in [0.25, 0.3) is 0 Å². The van der Waals surface area contributed by atoms with Gasteiger partial charge in [0.05, 0.1) is 6.33 Å². The normalized spacial score (nSPS) is 19.5. The van der Waals surface area contributed by atoms with Crippen molar-refractivity contribution in [3.8, 4) is 0 Å². The summed E-state index contributed by atoms with van der Waals surface area (Å²) in [6, 6.07) is 0. The number of imidazole rings is 1. The van der Waals surface area contributed by atoms with Gasteiger partial charge in [-0.05, 0) is 19.3 Å². The van der Waals surface area contributed by atoms with Crippen molar-refractivity contribution in [3.63, 3.8) is 0 Å². The molecule has 0 saturated carbocycles. The highest BCUT2D eigenvalue weighted by atomic mass is 16.5. The van der Waals surface area contributed by atoms with Crippen molar-refractivity contribution in [2.24, 2.45) is 16.5 Å². The molecule has 2 aromatic heterocycles. The molecular formula is C11H15N7O. The number of ether oxygens (including phenoxy) is 1. The van der Waals surface area contributed by atoms with Crippen LogP contribution in [0.3, 0.4) is 0 Å². The summed E-state index contributed by atoms with van der Waals surface area (Å²) in [5.74, 6) is 0.322. The molecule has 0 spiro atoms. The molecule has 3 rings (SSSR count). The molecule has 0 bridgehead atoms. The zero-order chi connectivity index (χ0) is 13.2. The standard InChI is InChI=1S/C11H15N7O/c12-11(13)17-9-8-10(15-5-14-9)18(6-16-8)7-3-1-2-4-19-7/h5-7H,1-4H2,(H4,12,13,14,15,17). The number of nitrogens with two attached hydrogens (primary N) is 2. The molecule has 1 unspecified atom stereocenters. The van der Waals surface area contributed by atoms with E-state index in [1.54, 1.807) is 6.33 Å². The van der Waals surface area contributed by atoms with Crippen molar-refractivity contribution in [2.45, 2.75) is 25.5 Å². The minimum atomic E-state index is -0.0523. The van der Waals surface area contributed by atoms with E-state index in [1.165, 1.54) is 6.33 Å². The Hall–Kier alpha value is -2.22. The zero-order valence-corrected chi connectivity index (χ0v) is 10.4. The summed E-state index contributed by atoms with van der Waals surface area (Å²) in [6.45, 7) is 0.760. The molecular weight excluding hydrogens is 246 g/mol. The molecule has 1 fully saturated rings. The smallest absolute Gasteiger partial charge is 0.192 e. The first-order chi connectivity index (χ1) is 9.25. The highest BCUT2D eigenvalue weighted by Gasteiger charge is 2.19. The Kier molecular flexibility index (Phi) is 3.00. The van der Waals surface area contributed by atoms with Gasteiger partial charge in [0, 0.05) is 6.61 Å². The maximum absolute atomic E-state index is 5.73. The summed E-state index contributed by atoms with van der Waals surface area (Å²) in [4.78, 5) is 16.5. The van der Waals surface area contributed by atoms with E-state index >= 15 is 0 Å². The maximum atomic E-state index is 5.73. The van der Waals surface area contributed by atoms with Crippen LogP contribution in [0, 0.1) is 0 Å². The first-order valence-corrected chi connectivity index (χ1v) is 6.14. The Morgan fingerprint density at radius 3 is 2.95 bits per heavy atom. The van der Waals surface area contributed by atoms with Crippen molar-refractivity contribution < 1.29 is 4.74 Å². The van der Waals surface area contributed by atoms with Crippen molar-refractivity contribution in [3.05, 3.63) is 12.7 Å². The Morgan fingerprint density at radius 2 is 2.21 bits per heavy atom. The number of nitrogens with zero attached hydrogens (tertiary/aromatic N) is 5. The summed E-state index contributed by atoms with van der Waals surface area (Å²) in [5.41, 5.74) is 12.0. The number of rotatable bonds is 2. The average Bonchev–Trinajstić information content (AvgIpc) is 2.84. The Labute approximate surface area is 109 Å². The van der Waals surface area contributed by atoms with Crippen LogP contribution in [0.4, 0.5) is 5.82 Å². The number of fused-ring (bicyclic) bond motifs is 1. The SMILES string of the molecule is NC(N)=Nc1ncnc2c1ncn2C1CCCCO1. The molecule has 8 heteroatoms. The van der Waals surface area contributed by atoms with Gasteiger partial charge < -0.3 is 16.2 Å². The lowest BCUT2D eigenvalue weighted by molar-refractivity contribution is -0.0298. The van der Waals surface area contributed by atoms with E-state index in [9.17, 15) is 0 Å². The summed E-state index contributed by atoms with van der Waals surface area (Å²) in [6.07, 6.45) is 6.27. The van der Waals surface area contributed by atoms with Crippen LogP contribution in [0.2, 0.25) is 0 Å². The molecule has 0 aromatic carbocycles. The molecule has 1 aliphatic heterocycles. The van der Waals surface area contributed by atoms with Gasteiger partial charge in [0.2, 0.25) is 0 Å². The van der Waals surface area contributed by atoms with E-state index in [0.717, 1.165) is 25.9 Å². The molecule has 1 saturated heterocycles. The van der Waals surface area contributed by atoms with Gasteiger partial charge in [0.1, 0.15) is 12.6 Å². The van der Waals surface area contributed by atoms with E-state index in [-0.39, 0.29) is 12.2 Å². The fraction of sp³-hybridized carbons (Fsp3) is 0.455. The Bertz CT molecular complexity index is 611. The van der Waals surface area contributed by atoms with Gasteiger partial charge in [-0.2, -0.15) is 4.99 Å². The van der Waals surface area contributed by atoms with Crippen LogP contribution in [-0.4, -0.2) is 32.1 Å². The highest BCUT2D eigenvalue weighted by molar-refractivity contribution is 5.86. The number of hydrogen-bond acceptors (Lipinski definition) is 5. The largest absolute Gasteiger partial charge is 0.370 e. The lowest BCUT2D eigenvalue weighted by atomic mass is 10.2. The molecule has 0 amide bonds. The number of aromatic nitrogens is 4. The van der Waals surface area contributed by atoms with E-state index in [4.69, 9.17) is 16.2 Å². The van der Waals surface area contributed by atoms with Crippen LogP contribution in [-0.2, 0) is 4.74 Å². The second-order valence-electron chi connectivity index (χ2n) is 4.38. The van der Waals surface area contributed by atoms with Gasteiger partial charge in [-0.15, -0.1) is 0 Å². The lowest BCUT2D eigenvalue weighted by Gasteiger charge is -2.23. The molecule has 2 aromatic rings. The molecule has 4 N–H and O–H groups in total. The highest BCUT2D eigenvalue weighted by Crippen LogP contribution is 2.27. The molecule has 8 nitrogen and oxygen atoms in total. The fourth-order valence-corrected chi connectivity index (χ4v) is 2.20. The zero-order valence-electron chi connectivity index (χ0n) is 10.4. The summed E-state index contributed by atoms with van der Waals surface area (Å²) >= 11 is 0. The predicted octanol–water partition coefficient (Wildman–Crippen LogP) is 0.430. The van der Waals surface area contributed by atoms with Crippen LogP contribution in [0.1, 0.15) is 25.5 Å². The first kappa shape index (κ1) is 11.8. The van der Waals surface area contributed by atoms with Crippen molar-refractivity contribution in [1.82, 2.24) is 19.5 Å². The van der Waals surface area contributed by atoms with E-state index < -0.39 is 0 Å². The predicted molar refractivity (Wildman–Crippen MR) is 69.6 cm³/mol. The fourth-order valence-electron chi connectivity index (χ4n) is 2.20. The molecule has 19 heavy (non-hydrogen) atoms. The molecule has 1 atom stereocenters. The molecule has 0 radical (unpaired) electrons. The van der Waals surface area contributed by atoms with Crippen molar-refractivity contribution in [1.29, 1.82) is 0 Å². The third kappa shape index (κ3) is 2.22. The van der Waals surface area contributed by atoms with Crippen LogP contribution < -0.4 is 11.5 Å². The van der Waals surface area contributed by atoms with Crippen molar-refractivity contribution >= 4 is 22.9 Å². The van der Waals surface area contributed by atoms with Gasteiger partial charge >= 0.3 is 0 Å². The molecule has 1 aliphatic rings. The second kappa shape index (κ2) is 4.81. The van der Waals surface area contributed by atoms with Crippen LogP contribution in [0.5, 0.6) is 0 Å². The topological polar surface area (TPSA) is 117 Å². The van der Waals surface area contributed by atoms with Crippen LogP contribution in [0.15, 0.2) is 17.6 Å². The average molecular weight is 261 g/mol. The van der Waals surface area contributed by atoms with Crippen LogP contribution in [0.25, 0.3) is 11.2 Å². The third-order valence-electron chi connectivity index (χ3n) is 3.04. The van der Waals surface area contributed by atoms with E-state index in [1.807, 2.05) is 4.57 Å². The van der Waals surface area contributed by atoms with Gasteiger partial charge in [-0.3, -0.25) is 4.57 Å². The lowest BCUT2D eigenvalue weighted by Crippen LogP contribution is -2.22. The summed E-state index contributed by atoms with van der Waals surface area (Å²) < 4.78 is 7.63. The van der Waals surface area contributed by atoms with Gasteiger partial charge in [0.15, 0.2) is 22.9 Å². The quantitative estimate of drug-likeness (QED) is 0.598. The maximum Gasteiger partial charge on any atom is 0.192 e. The van der Waals surface area contributed by atoms with Crippen molar-refractivity contribution in [2.75, 3.05) is 6.61 Å². The Balaban J connectivity index is 2.06. The molecule has 100 valence electrons. The number of hydrogen-bond donors (Lipinski definition) is 2. The Morgan fingerprint density at radius 1 is 1.32 bits per heavy atom. The van der Waals surface area contributed by atoms with E-state index in [2.05, 4.69) is 19.9 Å². The minimum absolute atomic E-state index is 0.0271. The van der Waals surface area contributed by atoms with Gasteiger partial charge in [-0.1, -0.05) is 0 Å². The van der Waals surface area contributed by atoms with E-state index in [0.29, 0.717) is 17.0 Å². The number of aliphatic imine (C=N–C) groups is 1.